The van der Waals surface area contributed by atoms with Gasteiger partial charge in [-0.1, -0.05) is 24.3 Å². The zero-order valence-electron chi connectivity index (χ0n) is 15.4. The molecule has 1 aliphatic rings. The molecule has 0 fully saturated rings. The van der Waals surface area contributed by atoms with Crippen molar-refractivity contribution in [1.82, 2.24) is 20.6 Å². The van der Waals surface area contributed by atoms with Gasteiger partial charge in [0.2, 0.25) is 0 Å². The second-order valence-electron chi connectivity index (χ2n) is 7.24. The first-order chi connectivity index (χ1) is 13.7. The van der Waals surface area contributed by atoms with E-state index >= 15 is 0 Å². The molecule has 0 bridgehead atoms. The van der Waals surface area contributed by atoms with Crippen molar-refractivity contribution in [2.24, 2.45) is 10.7 Å². The minimum atomic E-state index is -0.874. The van der Waals surface area contributed by atoms with Gasteiger partial charge in [-0.25, -0.2) is 0 Å². The molecule has 6 nitrogen and oxygen atoms in total. The van der Waals surface area contributed by atoms with Crippen molar-refractivity contribution in [3.8, 4) is 0 Å². The maximum Gasteiger partial charge on any atom is 0.187 e. The summed E-state index contributed by atoms with van der Waals surface area (Å²) in [7, 11) is 0. The molecule has 2 aromatic heterocycles. The molecule has 0 spiro atoms. The van der Waals surface area contributed by atoms with E-state index in [1.165, 1.54) is 16.3 Å². The number of allylic oxidation sites excluding steroid dienone is 1. The van der Waals surface area contributed by atoms with E-state index in [1.54, 1.807) is 6.21 Å². The number of aromatic amines is 2. The smallest absolute Gasteiger partial charge is 0.187 e. The molecular formula is C22H22N6. The molecule has 4 aromatic rings. The topological polar surface area (TPSA) is 94.0 Å². The summed E-state index contributed by atoms with van der Waals surface area (Å²) in [6, 6.07) is 16.9. The molecular weight excluding hydrogens is 348 g/mol. The number of hydrogen-bond acceptors (Lipinski definition) is 4. The van der Waals surface area contributed by atoms with Crippen molar-refractivity contribution in [1.29, 1.82) is 0 Å². The zero-order chi connectivity index (χ0) is 19.0. The van der Waals surface area contributed by atoms with Crippen LogP contribution in [0.1, 0.15) is 11.1 Å². The standard InChI is InChI=1S/C22H22N6/c23-22(13-15-1-3-17-5-8-24-19(17)11-15)27-10-7-21(28-22)26-14-16-2-4-18-6-9-25-20(18)12-16/h1-12,24-26,28H,13-14,23H2. The highest BCUT2D eigenvalue weighted by Gasteiger charge is 2.26. The summed E-state index contributed by atoms with van der Waals surface area (Å²) in [4.78, 5) is 11.0. The van der Waals surface area contributed by atoms with Crippen LogP contribution in [-0.2, 0) is 13.0 Å². The van der Waals surface area contributed by atoms with Crippen molar-refractivity contribution in [2.75, 3.05) is 0 Å². The Morgan fingerprint density at radius 3 is 2.32 bits per heavy atom. The number of nitrogens with zero attached hydrogens (tertiary/aromatic N) is 1. The highest BCUT2D eigenvalue weighted by molar-refractivity contribution is 5.80. The Kier molecular flexibility index (Phi) is 3.91. The molecule has 0 saturated heterocycles. The van der Waals surface area contributed by atoms with Crippen LogP contribution in [0, 0.1) is 0 Å². The van der Waals surface area contributed by atoms with Gasteiger partial charge in [0.15, 0.2) is 5.79 Å². The average molecular weight is 370 g/mol. The summed E-state index contributed by atoms with van der Waals surface area (Å²) >= 11 is 0. The number of nitrogens with two attached hydrogens (primary N) is 1. The fraction of sp³-hybridized carbons (Fsp3) is 0.136. The van der Waals surface area contributed by atoms with Crippen molar-refractivity contribution in [3.63, 3.8) is 0 Å². The van der Waals surface area contributed by atoms with Crippen LogP contribution >= 0.6 is 0 Å². The van der Waals surface area contributed by atoms with E-state index in [4.69, 9.17) is 5.73 Å². The van der Waals surface area contributed by atoms with Crippen LogP contribution in [0.4, 0.5) is 0 Å². The fourth-order valence-corrected chi connectivity index (χ4v) is 3.66. The van der Waals surface area contributed by atoms with Gasteiger partial charge in [-0.05, 0) is 52.2 Å². The molecule has 140 valence electrons. The number of hydrogen-bond donors (Lipinski definition) is 5. The number of H-pyrrole nitrogens is 2. The van der Waals surface area contributed by atoms with E-state index in [0.717, 1.165) is 22.4 Å². The van der Waals surface area contributed by atoms with Crippen LogP contribution in [0.3, 0.4) is 0 Å². The summed E-state index contributed by atoms with van der Waals surface area (Å²) in [5, 5.41) is 9.16. The lowest BCUT2D eigenvalue weighted by Gasteiger charge is -2.31. The van der Waals surface area contributed by atoms with Crippen LogP contribution in [0.2, 0.25) is 0 Å². The number of rotatable bonds is 5. The third-order valence-electron chi connectivity index (χ3n) is 5.09. The molecule has 1 aliphatic heterocycles. The zero-order valence-corrected chi connectivity index (χ0v) is 15.4. The van der Waals surface area contributed by atoms with Gasteiger partial charge in [-0.2, -0.15) is 0 Å². The molecule has 0 radical (unpaired) electrons. The molecule has 28 heavy (non-hydrogen) atoms. The van der Waals surface area contributed by atoms with E-state index in [1.807, 2.05) is 18.5 Å². The Hall–Kier alpha value is -3.51. The minimum absolute atomic E-state index is 0.589. The average Bonchev–Trinajstić information content (AvgIpc) is 3.34. The van der Waals surface area contributed by atoms with Gasteiger partial charge in [0.25, 0.3) is 0 Å². The Labute approximate surface area is 162 Å². The first kappa shape index (κ1) is 16.6. The lowest BCUT2D eigenvalue weighted by Crippen LogP contribution is -2.56. The van der Waals surface area contributed by atoms with Gasteiger partial charge in [-0.15, -0.1) is 0 Å². The maximum absolute atomic E-state index is 6.53. The summed E-state index contributed by atoms with van der Waals surface area (Å²) < 4.78 is 0. The minimum Gasteiger partial charge on any atom is -0.368 e. The second kappa shape index (κ2) is 6.58. The van der Waals surface area contributed by atoms with Crippen LogP contribution in [0.15, 0.2) is 77.8 Å². The van der Waals surface area contributed by atoms with Crippen molar-refractivity contribution < 1.29 is 0 Å². The van der Waals surface area contributed by atoms with Gasteiger partial charge in [0.05, 0.1) is 0 Å². The third-order valence-corrected chi connectivity index (χ3v) is 5.09. The number of fused-ring (bicyclic) bond motifs is 2. The predicted molar refractivity (Wildman–Crippen MR) is 114 cm³/mol. The van der Waals surface area contributed by atoms with Crippen molar-refractivity contribution in [2.45, 2.75) is 18.8 Å². The van der Waals surface area contributed by atoms with Gasteiger partial charge in [0, 0.05) is 42.6 Å². The van der Waals surface area contributed by atoms with E-state index in [-0.39, 0.29) is 0 Å². The Balaban J connectivity index is 1.26. The fourth-order valence-electron chi connectivity index (χ4n) is 3.66. The lowest BCUT2D eigenvalue weighted by atomic mass is 10.0. The van der Waals surface area contributed by atoms with Crippen molar-refractivity contribution >= 4 is 28.0 Å². The Morgan fingerprint density at radius 1 is 0.893 bits per heavy atom. The van der Waals surface area contributed by atoms with Crippen molar-refractivity contribution in [3.05, 3.63) is 83.9 Å². The normalized spacial score (nSPS) is 19.0. The van der Waals surface area contributed by atoms with E-state index in [9.17, 15) is 0 Å². The van der Waals surface area contributed by atoms with Gasteiger partial charge < -0.3 is 20.6 Å². The van der Waals surface area contributed by atoms with E-state index in [0.29, 0.717) is 13.0 Å². The number of aliphatic imine (C=N–C) groups is 1. The summed E-state index contributed by atoms with van der Waals surface area (Å²) in [5.41, 5.74) is 11.1. The Morgan fingerprint density at radius 2 is 1.57 bits per heavy atom. The van der Waals surface area contributed by atoms with Crippen LogP contribution in [-0.4, -0.2) is 22.0 Å². The van der Waals surface area contributed by atoms with E-state index in [2.05, 4.69) is 74.1 Å². The SMILES string of the molecule is NC1(Cc2ccc3cc[nH]c3c2)N=CC=C(NCc2ccc3cc[nH]c3c2)N1. The Bertz CT molecular complexity index is 1200. The van der Waals surface area contributed by atoms with Gasteiger partial charge in [-0.3, -0.25) is 10.7 Å². The largest absolute Gasteiger partial charge is 0.368 e. The highest BCUT2D eigenvalue weighted by atomic mass is 15.3. The van der Waals surface area contributed by atoms with Gasteiger partial charge in [0.1, 0.15) is 5.82 Å². The lowest BCUT2D eigenvalue weighted by molar-refractivity contribution is 0.366. The number of aromatic nitrogens is 2. The molecule has 2 aromatic carbocycles. The molecule has 1 unspecified atom stereocenters. The van der Waals surface area contributed by atoms with Gasteiger partial charge >= 0.3 is 0 Å². The van der Waals surface area contributed by atoms with E-state index < -0.39 is 5.79 Å². The molecule has 0 aliphatic carbocycles. The molecule has 0 saturated carbocycles. The summed E-state index contributed by atoms with van der Waals surface area (Å²) in [5.74, 6) is -0.00847. The molecule has 1 atom stereocenters. The number of nitrogens with one attached hydrogen (secondary N) is 4. The van der Waals surface area contributed by atoms with Crippen LogP contribution < -0.4 is 16.4 Å². The number of benzene rings is 2. The third kappa shape index (κ3) is 3.25. The highest BCUT2D eigenvalue weighted by Crippen LogP contribution is 2.19. The summed E-state index contributed by atoms with van der Waals surface area (Å²) in [6.07, 6.45) is 8.16. The first-order valence-electron chi connectivity index (χ1n) is 9.35. The first-order valence-corrected chi connectivity index (χ1v) is 9.35. The molecule has 6 heteroatoms. The summed E-state index contributed by atoms with van der Waals surface area (Å²) in [6.45, 7) is 0.701. The second-order valence-corrected chi connectivity index (χ2v) is 7.24. The molecule has 3 heterocycles. The predicted octanol–water partition coefficient (Wildman–Crippen LogP) is 3.11. The molecule has 6 N–H and O–H groups in total. The van der Waals surface area contributed by atoms with Crippen LogP contribution in [0.25, 0.3) is 21.8 Å². The maximum atomic E-state index is 6.53. The molecule has 0 amide bonds. The molecule has 5 rings (SSSR count). The monoisotopic (exact) mass is 370 g/mol. The van der Waals surface area contributed by atoms with Crippen LogP contribution in [0.5, 0.6) is 0 Å². The quantitative estimate of drug-likeness (QED) is 0.374.